The van der Waals surface area contributed by atoms with E-state index in [1.165, 1.54) is 10.5 Å². The third kappa shape index (κ3) is 4.15. The highest BCUT2D eigenvalue weighted by atomic mass is 32.1. The van der Waals surface area contributed by atoms with Crippen LogP contribution in [0.2, 0.25) is 0 Å². The van der Waals surface area contributed by atoms with Gasteiger partial charge in [0.25, 0.3) is 0 Å². The smallest absolute Gasteiger partial charge is 0.325 e. The Bertz CT molecular complexity index is 1450. The maximum atomic E-state index is 12.9. The number of carbonyl (C=O) groups is 2. The lowest BCUT2D eigenvalue weighted by Crippen LogP contribution is -2.37. The van der Waals surface area contributed by atoms with Gasteiger partial charge in [-0.2, -0.15) is 0 Å². The SMILES string of the molecule is Cc1ccc2nc(-c3ccc(NC(=O)CN4CCN(c5ccc6c(c5)OCO6)C4=O)cc3)sc2c1. The normalized spacial score (nSPS) is 14.7. The summed E-state index contributed by atoms with van der Waals surface area (Å²) in [5.41, 5.74) is 4.59. The second-order valence-corrected chi connectivity index (χ2v) is 9.54. The molecule has 0 unspecified atom stereocenters. The molecule has 0 spiro atoms. The third-order valence-electron chi connectivity index (χ3n) is 6.06. The number of urea groups is 1. The quantitative estimate of drug-likeness (QED) is 0.435. The number of amides is 3. The summed E-state index contributed by atoms with van der Waals surface area (Å²) < 4.78 is 11.9. The van der Waals surface area contributed by atoms with Crippen LogP contribution in [0.25, 0.3) is 20.8 Å². The lowest BCUT2D eigenvalue weighted by molar-refractivity contribution is -0.116. The van der Waals surface area contributed by atoms with Crippen LogP contribution in [-0.2, 0) is 4.79 Å². The number of fused-ring (bicyclic) bond motifs is 2. The molecule has 2 aliphatic heterocycles. The summed E-state index contributed by atoms with van der Waals surface area (Å²) in [5.74, 6) is 1.05. The Morgan fingerprint density at radius 1 is 1.03 bits per heavy atom. The number of anilines is 2. The molecule has 3 aromatic carbocycles. The first-order valence-corrected chi connectivity index (χ1v) is 12.1. The zero-order valence-electron chi connectivity index (χ0n) is 19.0. The number of hydrogen-bond donors (Lipinski definition) is 1. The van der Waals surface area contributed by atoms with Crippen LogP contribution in [0.1, 0.15) is 5.56 Å². The fourth-order valence-electron chi connectivity index (χ4n) is 4.25. The van der Waals surface area contributed by atoms with E-state index >= 15 is 0 Å². The van der Waals surface area contributed by atoms with Gasteiger partial charge in [0, 0.05) is 36.1 Å². The molecule has 2 aliphatic rings. The Kier molecular flexibility index (Phi) is 5.26. The number of aryl methyl sites for hydroxylation is 1. The number of hydrogen-bond acceptors (Lipinski definition) is 6. The number of aromatic nitrogens is 1. The number of nitrogens with zero attached hydrogens (tertiary/aromatic N) is 3. The predicted octanol–water partition coefficient (Wildman–Crippen LogP) is 4.88. The van der Waals surface area contributed by atoms with Gasteiger partial charge in [-0.3, -0.25) is 9.69 Å². The first kappa shape index (κ1) is 21.4. The van der Waals surface area contributed by atoms with Crippen molar-refractivity contribution < 1.29 is 19.1 Å². The van der Waals surface area contributed by atoms with Crippen molar-refractivity contribution in [3.63, 3.8) is 0 Å². The second-order valence-electron chi connectivity index (χ2n) is 8.51. The zero-order valence-corrected chi connectivity index (χ0v) is 19.8. The van der Waals surface area contributed by atoms with E-state index in [0.29, 0.717) is 30.3 Å². The van der Waals surface area contributed by atoms with Crippen LogP contribution in [0.5, 0.6) is 11.5 Å². The van der Waals surface area contributed by atoms with Crippen LogP contribution in [0.4, 0.5) is 16.2 Å². The van der Waals surface area contributed by atoms with Crippen LogP contribution < -0.4 is 19.7 Å². The number of carbonyl (C=O) groups excluding carboxylic acids is 2. The fraction of sp³-hybridized carbons (Fsp3) is 0.192. The molecule has 0 saturated carbocycles. The summed E-state index contributed by atoms with van der Waals surface area (Å²) in [5, 5.41) is 3.83. The van der Waals surface area contributed by atoms with Crippen molar-refractivity contribution in [1.29, 1.82) is 0 Å². The average molecular weight is 487 g/mol. The molecule has 176 valence electrons. The molecule has 1 N–H and O–H groups in total. The molecule has 1 fully saturated rings. The van der Waals surface area contributed by atoms with Crippen LogP contribution in [0, 0.1) is 6.92 Å². The zero-order chi connectivity index (χ0) is 23.9. The van der Waals surface area contributed by atoms with Gasteiger partial charge < -0.3 is 19.7 Å². The topological polar surface area (TPSA) is 84.0 Å². The van der Waals surface area contributed by atoms with Crippen molar-refractivity contribution in [3.8, 4) is 22.1 Å². The molecule has 1 aromatic heterocycles. The summed E-state index contributed by atoms with van der Waals surface area (Å²) in [6.07, 6.45) is 0. The van der Waals surface area contributed by atoms with E-state index in [9.17, 15) is 9.59 Å². The minimum absolute atomic E-state index is 0.0150. The van der Waals surface area contributed by atoms with Crippen molar-refractivity contribution in [2.75, 3.05) is 36.6 Å². The van der Waals surface area contributed by atoms with Gasteiger partial charge in [0.15, 0.2) is 11.5 Å². The minimum atomic E-state index is -0.242. The van der Waals surface area contributed by atoms with Crippen molar-refractivity contribution >= 4 is 44.9 Å². The highest BCUT2D eigenvalue weighted by Crippen LogP contribution is 2.36. The average Bonchev–Trinajstić information content (AvgIpc) is 3.57. The highest BCUT2D eigenvalue weighted by Gasteiger charge is 2.31. The maximum Gasteiger partial charge on any atom is 0.325 e. The summed E-state index contributed by atoms with van der Waals surface area (Å²) in [6, 6.07) is 19.0. The minimum Gasteiger partial charge on any atom is -0.454 e. The maximum absolute atomic E-state index is 12.9. The van der Waals surface area contributed by atoms with E-state index in [-0.39, 0.29) is 25.3 Å². The Balaban J connectivity index is 1.08. The Morgan fingerprint density at radius 2 is 1.86 bits per heavy atom. The van der Waals surface area contributed by atoms with Gasteiger partial charge in [-0.25, -0.2) is 9.78 Å². The summed E-state index contributed by atoms with van der Waals surface area (Å²) in [6.45, 7) is 3.21. The molecular formula is C26H22N4O4S. The van der Waals surface area contributed by atoms with Crippen molar-refractivity contribution in [1.82, 2.24) is 9.88 Å². The third-order valence-corrected chi connectivity index (χ3v) is 7.12. The fourth-order valence-corrected chi connectivity index (χ4v) is 5.32. The van der Waals surface area contributed by atoms with Crippen LogP contribution in [0.3, 0.4) is 0 Å². The molecule has 9 heteroatoms. The highest BCUT2D eigenvalue weighted by molar-refractivity contribution is 7.21. The van der Waals surface area contributed by atoms with Gasteiger partial charge in [0.2, 0.25) is 12.7 Å². The molecule has 0 atom stereocenters. The molecule has 6 rings (SSSR count). The Labute approximate surface area is 205 Å². The number of rotatable bonds is 5. The molecule has 8 nitrogen and oxygen atoms in total. The molecule has 0 aliphatic carbocycles. The van der Waals surface area contributed by atoms with Gasteiger partial charge in [-0.05, 0) is 61.0 Å². The molecule has 3 amide bonds. The van der Waals surface area contributed by atoms with E-state index in [0.717, 1.165) is 26.5 Å². The largest absolute Gasteiger partial charge is 0.454 e. The van der Waals surface area contributed by atoms with Crippen molar-refractivity contribution in [3.05, 3.63) is 66.2 Å². The van der Waals surface area contributed by atoms with Crippen LogP contribution in [-0.4, -0.2) is 48.2 Å². The molecule has 4 aromatic rings. The summed E-state index contributed by atoms with van der Waals surface area (Å²) >= 11 is 1.65. The van der Waals surface area contributed by atoms with Crippen LogP contribution in [0.15, 0.2) is 60.7 Å². The Hall–Kier alpha value is -4.11. The van der Waals surface area contributed by atoms with E-state index in [1.807, 2.05) is 36.4 Å². The van der Waals surface area contributed by atoms with Gasteiger partial charge in [-0.15, -0.1) is 11.3 Å². The molecule has 0 bridgehead atoms. The lowest BCUT2D eigenvalue weighted by atomic mass is 10.2. The molecular weight excluding hydrogens is 464 g/mol. The van der Waals surface area contributed by atoms with Gasteiger partial charge in [-0.1, -0.05) is 6.07 Å². The molecule has 35 heavy (non-hydrogen) atoms. The first-order chi connectivity index (χ1) is 17.0. The molecule has 1 saturated heterocycles. The van der Waals surface area contributed by atoms with E-state index < -0.39 is 0 Å². The van der Waals surface area contributed by atoms with E-state index in [4.69, 9.17) is 14.5 Å². The standard InChI is InChI=1S/C26H22N4O4S/c1-16-2-8-20-23(12-16)35-25(28-20)17-3-5-18(6-4-17)27-24(31)14-29-10-11-30(26(29)32)19-7-9-21-22(13-19)34-15-33-21/h2-9,12-13H,10-11,14-15H2,1H3,(H,27,31). The number of thiazole rings is 1. The lowest BCUT2D eigenvalue weighted by Gasteiger charge is -2.18. The molecule has 3 heterocycles. The molecule has 0 radical (unpaired) electrons. The second kappa shape index (κ2) is 8.59. The van der Waals surface area contributed by atoms with Gasteiger partial charge >= 0.3 is 6.03 Å². The number of benzene rings is 3. The van der Waals surface area contributed by atoms with Gasteiger partial charge in [0.05, 0.1) is 10.2 Å². The van der Waals surface area contributed by atoms with E-state index in [2.05, 4.69) is 24.4 Å². The monoisotopic (exact) mass is 486 g/mol. The number of nitrogens with one attached hydrogen (secondary N) is 1. The summed E-state index contributed by atoms with van der Waals surface area (Å²) in [7, 11) is 0. The van der Waals surface area contributed by atoms with Crippen LogP contribution >= 0.6 is 11.3 Å². The first-order valence-electron chi connectivity index (χ1n) is 11.3. The van der Waals surface area contributed by atoms with Gasteiger partial charge in [0.1, 0.15) is 11.6 Å². The van der Waals surface area contributed by atoms with Crippen molar-refractivity contribution in [2.45, 2.75) is 6.92 Å². The van der Waals surface area contributed by atoms with Crippen molar-refractivity contribution in [2.24, 2.45) is 0 Å². The predicted molar refractivity (Wildman–Crippen MR) is 135 cm³/mol. The summed E-state index contributed by atoms with van der Waals surface area (Å²) in [4.78, 5) is 33.4. The number of ether oxygens (including phenoxy) is 2. The van der Waals surface area contributed by atoms with E-state index in [1.54, 1.807) is 28.4 Å². The Morgan fingerprint density at radius 3 is 2.71 bits per heavy atom.